The fourth-order valence-electron chi connectivity index (χ4n) is 1.69. The van der Waals surface area contributed by atoms with Crippen LogP contribution in [0.15, 0.2) is 6.33 Å². The molecule has 0 fully saturated rings. The second kappa shape index (κ2) is 7.71. The summed E-state index contributed by atoms with van der Waals surface area (Å²) in [7, 11) is 0. The standard InChI is InChI=1S/C12H24N4S/c1-5-7-16-12(14-9-15-16)11(13-6-2)8-17-10(3)4/h9-11,13H,5-8H2,1-4H3. The number of nitrogens with one attached hydrogen (secondary N) is 1. The zero-order chi connectivity index (χ0) is 12.7. The maximum Gasteiger partial charge on any atom is 0.144 e. The Morgan fingerprint density at radius 1 is 1.41 bits per heavy atom. The first-order chi connectivity index (χ1) is 8.19. The van der Waals surface area contributed by atoms with E-state index in [1.54, 1.807) is 6.33 Å². The van der Waals surface area contributed by atoms with Crippen molar-refractivity contribution in [1.29, 1.82) is 0 Å². The SMILES string of the molecule is CCCn1ncnc1C(CSC(C)C)NCC. The molecule has 1 aromatic rings. The van der Waals surface area contributed by atoms with Crippen molar-refractivity contribution >= 4 is 11.8 Å². The van der Waals surface area contributed by atoms with Gasteiger partial charge >= 0.3 is 0 Å². The Hall–Kier alpha value is -0.550. The summed E-state index contributed by atoms with van der Waals surface area (Å²) < 4.78 is 2.02. The van der Waals surface area contributed by atoms with Gasteiger partial charge in [-0.3, -0.25) is 0 Å². The molecule has 0 radical (unpaired) electrons. The average Bonchev–Trinajstić information content (AvgIpc) is 2.73. The van der Waals surface area contributed by atoms with Gasteiger partial charge in [-0.05, 0) is 18.2 Å². The first kappa shape index (κ1) is 14.5. The predicted molar refractivity (Wildman–Crippen MR) is 74.3 cm³/mol. The van der Waals surface area contributed by atoms with E-state index in [1.807, 2.05) is 16.4 Å². The van der Waals surface area contributed by atoms with Crippen LogP contribution in [0.1, 0.15) is 46.0 Å². The minimum Gasteiger partial charge on any atom is -0.307 e. The molecule has 5 heteroatoms. The molecule has 0 aliphatic heterocycles. The summed E-state index contributed by atoms with van der Waals surface area (Å²) in [5.41, 5.74) is 0. The van der Waals surface area contributed by atoms with Gasteiger partial charge in [-0.1, -0.05) is 27.7 Å². The first-order valence-electron chi connectivity index (χ1n) is 6.41. The van der Waals surface area contributed by atoms with Gasteiger partial charge in [0.25, 0.3) is 0 Å². The zero-order valence-corrected chi connectivity index (χ0v) is 12.1. The van der Waals surface area contributed by atoms with Crippen molar-refractivity contribution in [2.45, 2.75) is 52.0 Å². The van der Waals surface area contributed by atoms with Crippen molar-refractivity contribution in [2.75, 3.05) is 12.3 Å². The summed E-state index contributed by atoms with van der Waals surface area (Å²) in [6.45, 7) is 10.7. The second-order valence-corrected chi connectivity index (χ2v) is 5.94. The van der Waals surface area contributed by atoms with Crippen LogP contribution in [-0.4, -0.2) is 32.3 Å². The molecule has 0 spiro atoms. The smallest absolute Gasteiger partial charge is 0.144 e. The lowest BCUT2D eigenvalue weighted by atomic mass is 10.3. The molecule has 1 heterocycles. The van der Waals surface area contributed by atoms with Crippen molar-refractivity contribution < 1.29 is 0 Å². The van der Waals surface area contributed by atoms with E-state index in [0.29, 0.717) is 11.3 Å². The van der Waals surface area contributed by atoms with Gasteiger partial charge in [0, 0.05) is 12.3 Å². The number of thioether (sulfide) groups is 1. The average molecular weight is 256 g/mol. The van der Waals surface area contributed by atoms with Crippen molar-refractivity contribution in [3.63, 3.8) is 0 Å². The van der Waals surface area contributed by atoms with Gasteiger partial charge in [0.2, 0.25) is 0 Å². The molecule has 0 aliphatic carbocycles. The fraction of sp³-hybridized carbons (Fsp3) is 0.833. The molecule has 17 heavy (non-hydrogen) atoms. The van der Waals surface area contributed by atoms with Crippen LogP contribution in [0.4, 0.5) is 0 Å². The summed E-state index contributed by atoms with van der Waals surface area (Å²) in [6, 6.07) is 0.307. The van der Waals surface area contributed by atoms with Gasteiger partial charge in [0.15, 0.2) is 0 Å². The van der Waals surface area contributed by atoms with Gasteiger partial charge in [-0.15, -0.1) is 0 Å². The van der Waals surface area contributed by atoms with Crippen LogP contribution >= 0.6 is 11.8 Å². The molecule has 98 valence electrons. The third-order valence-corrected chi connectivity index (χ3v) is 3.63. The molecule has 1 unspecified atom stereocenters. The number of hydrogen-bond donors (Lipinski definition) is 1. The Balaban J connectivity index is 2.70. The van der Waals surface area contributed by atoms with E-state index in [-0.39, 0.29) is 0 Å². The molecule has 0 aliphatic rings. The molecule has 0 bridgehead atoms. The van der Waals surface area contributed by atoms with Gasteiger partial charge in [-0.2, -0.15) is 16.9 Å². The monoisotopic (exact) mass is 256 g/mol. The number of rotatable bonds is 8. The second-order valence-electron chi connectivity index (χ2n) is 4.33. The molecular formula is C12H24N4S. The molecule has 4 nitrogen and oxygen atoms in total. The van der Waals surface area contributed by atoms with Crippen molar-refractivity contribution in [2.24, 2.45) is 0 Å². The van der Waals surface area contributed by atoms with E-state index in [4.69, 9.17) is 0 Å². The van der Waals surface area contributed by atoms with Crippen LogP contribution in [0.25, 0.3) is 0 Å². The van der Waals surface area contributed by atoms with Crippen LogP contribution in [0.5, 0.6) is 0 Å². The number of aromatic nitrogens is 3. The summed E-state index contributed by atoms with van der Waals surface area (Å²) in [5.74, 6) is 2.12. The highest BCUT2D eigenvalue weighted by atomic mass is 32.2. The van der Waals surface area contributed by atoms with E-state index < -0.39 is 0 Å². The minimum absolute atomic E-state index is 0.307. The van der Waals surface area contributed by atoms with Crippen LogP contribution in [0.2, 0.25) is 0 Å². The first-order valence-corrected chi connectivity index (χ1v) is 7.46. The van der Waals surface area contributed by atoms with Crippen LogP contribution in [-0.2, 0) is 6.54 Å². The van der Waals surface area contributed by atoms with Crippen molar-refractivity contribution in [3.8, 4) is 0 Å². The van der Waals surface area contributed by atoms with E-state index in [9.17, 15) is 0 Å². The third kappa shape index (κ3) is 4.68. The topological polar surface area (TPSA) is 42.7 Å². The normalized spacial score (nSPS) is 13.2. The lowest BCUT2D eigenvalue weighted by Gasteiger charge is -2.18. The highest BCUT2D eigenvalue weighted by Crippen LogP contribution is 2.19. The maximum atomic E-state index is 4.41. The van der Waals surface area contributed by atoms with E-state index in [0.717, 1.165) is 31.1 Å². The molecule has 0 aromatic carbocycles. The van der Waals surface area contributed by atoms with Gasteiger partial charge in [0.05, 0.1) is 6.04 Å². The summed E-state index contributed by atoms with van der Waals surface area (Å²) in [4.78, 5) is 4.41. The quantitative estimate of drug-likeness (QED) is 0.776. The Labute approximate surface area is 109 Å². The molecule has 0 saturated heterocycles. The van der Waals surface area contributed by atoms with Gasteiger partial charge in [-0.25, -0.2) is 9.67 Å². The highest BCUT2D eigenvalue weighted by molar-refractivity contribution is 7.99. The summed E-state index contributed by atoms with van der Waals surface area (Å²) in [6.07, 6.45) is 2.75. The predicted octanol–water partition coefficient (Wildman–Crippen LogP) is 2.48. The summed E-state index contributed by atoms with van der Waals surface area (Å²) >= 11 is 1.96. The molecule has 1 rings (SSSR count). The van der Waals surface area contributed by atoms with E-state index in [1.165, 1.54) is 0 Å². The third-order valence-electron chi connectivity index (χ3n) is 2.44. The van der Waals surface area contributed by atoms with Crippen molar-refractivity contribution in [1.82, 2.24) is 20.1 Å². The Morgan fingerprint density at radius 2 is 2.18 bits per heavy atom. The lowest BCUT2D eigenvalue weighted by molar-refractivity contribution is 0.498. The fourth-order valence-corrected chi connectivity index (χ4v) is 2.53. The Bertz CT molecular complexity index is 311. The molecule has 0 amide bonds. The van der Waals surface area contributed by atoms with Crippen LogP contribution in [0.3, 0.4) is 0 Å². The Kier molecular flexibility index (Phi) is 6.58. The van der Waals surface area contributed by atoms with Gasteiger partial charge in [0.1, 0.15) is 12.2 Å². The largest absolute Gasteiger partial charge is 0.307 e. The molecule has 1 N–H and O–H groups in total. The Morgan fingerprint density at radius 3 is 2.76 bits per heavy atom. The van der Waals surface area contributed by atoms with Crippen molar-refractivity contribution in [3.05, 3.63) is 12.2 Å². The van der Waals surface area contributed by atoms with Crippen LogP contribution in [0, 0.1) is 0 Å². The summed E-state index contributed by atoms with van der Waals surface area (Å²) in [5, 5.41) is 8.44. The van der Waals surface area contributed by atoms with Gasteiger partial charge < -0.3 is 5.32 Å². The number of nitrogens with zero attached hydrogens (tertiary/aromatic N) is 3. The van der Waals surface area contributed by atoms with E-state index in [2.05, 4.69) is 43.1 Å². The number of aryl methyl sites for hydroxylation is 1. The lowest BCUT2D eigenvalue weighted by Crippen LogP contribution is -2.27. The van der Waals surface area contributed by atoms with Crippen LogP contribution < -0.4 is 5.32 Å². The van der Waals surface area contributed by atoms with E-state index >= 15 is 0 Å². The minimum atomic E-state index is 0.307. The molecule has 1 atom stereocenters. The highest BCUT2D eigenvalue weighted by Gasteiger charge is 2.17. The maximum absolute atomic E-state index is 4.41. The number of hydrogen-bond acceptors (Lipinski definition) is 4. The molecule has 0 saturated carbocycles. The molecular weight excluding hydrogens is 232 g/mol. The zero-order valence-electron chi connectivity index (χ0n) is 11.3. The molecule has 1 aromatic heterocycles.